The van der Waals surface area contributed by atoms with E-state index in [-0.39, 0.29) is 24.9 Å². The molecule has 1 aromatic carbocycles. The Balaban J connectivity index is 0.00000243. The molecule has 3 rings (SSSR count). The molecule has 2 heterocycles. The van der Waals surface area contributed by atoms with Crippen LogP contribution in [0.4, 0.5) is 5.69 Å². The number of aromatic nitrogens is 2. The zero-order valence-corrected chi connectivity index (χ0v) is 15.0. The first kappa shape index (κ1) is 19.7. The van der Waals surface area contributed by atoms with Crippen LogP contribution in [0.25, 0.3) is 0 Å². The highest BCUT2D eigenvalue weighted by atomic mass is 35.5. The summed E-state index contributed by atoms with van der Waals surface area (Å²) in [4.78, 5) is 23.9. The Morgan fingerprint density at radius 2 is 2.08 bits per heavy atom. The number of halogens is 1. The lowest BCUT2D eigenvalue weighted by atomic mass is 9.87. The molecule has 0 atom stereocenters. The van der Waals surface area contributed by atoms with Gasteiger partial charge in [-0.2, -0.15) is 5.10 Å². The number of piperidine rings is 1. The summed E-state index contributed by atoms with van der Waals surface area (Å²) >= 11 is 0. The fourth-order valence-corrected chi connectivity index (χ4v) is 2.99. The molecule has 26 heavy (non-hydrogen) atoms. The van der Waals surface area contributed by atoms with Crippen molar-refractivity contribution in [1.82, 2.24) is 15.1 Å². The molecule has 8 nitrogen and oxygen atoms in total. The van der Waals surface area contributed by atoms with Gasteiger partial charge in [-0.25, -0.2) is 0 Å². The van der Waals surface area contributed by atoms with Gasteiger partial charge < -0.3 is 21.1 Å². The van der Waals surface area contributed by atoms with E-state index in [0.717, 1.165) is 13.1 Å². The van der Waals surface area contributed by atoms with Gasteiger partial charge in [0.05, 0.1) is 0 Å². The Kier molecular flexibility index (Phi) is 6.59. The van der Waals surface area contributed by atoms with Crippen LogP contribution >= 0.6 is 12.4 Å². The fourth-order valence-electron chi connectivity index (χ4n) is 2.99. The van der Waals surface area contributed by atoms with E-state index in [1.807, 2.05) is 12.3 Å². The summed E-state index contributed by atoms with van der Waals surface area (Å²) < 4.78 is 7.01. The lowest BCUT2D eigenvalue weighted by Crippen LogP contribution is -2.52. The summed E-state index contributed by atoms with van der Waals surface area (Å²) in [5.41, 5.74) is 4.95. The molecule has 9 heteroatoms. The number of nitrogens with zero attached hydrogens (tertiary/aromatic N) is 2. The third-order valence-corrected chi connectivity index (χ3v) is 4.27. The maximum atomic E-state index is 13.1. The van der Waals surface area contributed by atoms with Gasteiger partial charge in [-0.3, -0.25) is 14.3 Å². The van der Waals surface area contributed by atoms with Crippen molar-refractivity contribution >= 4 is 29.9 Å². The van der Waals surface area contributed by atoms with Crippen LogP contribution in [0.1, 0.15) is 12.8 Å². The molecule has 2 aromatic rings. The minimum absolute atomic E-state index is 0. The van der Waals surface area contributed by atoms with E-state index in [9.17, 15) is 9.59 Å². The largest absolute Gasteiger partial charge is 0.484 e. The third kappa shape index (κ3) is 4.33. The number of benzene rings is 1. The molecule has 0 spiro atoms. The number of anilines is 1. The van der Waals surface area contributed by atoms with Gasteiger partial charge in [0.15, 0.2) is 6.61 Å². The average molecular weight is 380 g/mol. The first-order valence-corrected chi connectivity index (χ1v) is 8.14. The number of hydrogen-bond donors (Lipinski definition) is 3. The van der Waals surface area contributed by atoms with Crippen LogP contribution in [0.15, 0.2) is 42.7 Å². The lowest BCUT2D eigenvalue weighted by molar-refractivity contribution is -0.126. The van der Waals surface area contributed by atoms with E-state index in [1.54, 1.807) is 35.1 Å². The van der Waals surface area contributed by atoms with Gasteiger partial charge in [0.1, 0.15) is 11.3 Å². The fraction of sp³-hybridized carbons (Fsp3) is 0.353. The molecular weight excluding hydrogens is 358 g/mol. The number of primary amides is 1. The number of hydrogen-bond acceptors (Lipinski definition) is 5. The van der Waals surface area contributed by atoms with Crippen molar-refractivity contribution in [3.63, 3.8) is 0 Å². The topological polar surface area (TPSA) is 111 Å². The number of carbonyl (C=O) groups is 2. The van der Waals surface area contributed by atoms with Crippen LogP contribution in [0, 0.1) is 0 Å². The summed E-state index contributed by atoms with van der Waals surface area (Å²) in [6, 6.07) is 8.70. The number of amides is 2. The maximum Gasteiger partial charge on any atom is 0.255 e. The van der Waals surface area contributed by atoms with Crippen molar-refractivity contribution in [2.75, 3.05) is 25.0 Å². The van der Waals surface area contributed by atoms with Gasteiger partial charge in [0.25, 0.3) is 11.8 Å². The van der Waals surface area contributed by atoms with Crippen LogP contribution in [-0.4, -0.2) is 41.3 Å². The SMILES string of the molecule is Cl.NC(=O)COc1cccc(NC(=O)C2(n3cccn3)CCNCC2)c1. The standard InChI is InChI=1S/C17H21N5O3.ClH/c18-15(23)12-25-14-4-1-3-13(11-14)21-16(24)17(5-8-19-9-6-17)22-10-2-7-20-22;/h1-4,7,10-11,19H,5-6,8-9,12H2,(H2,18,23)(H,21,24);1H. The summed E-state index contributed by atoms with van der Waals surface area (Å²) in [7, 11) is 0. The molecule has 1 fully saturated rings. The maximum absolute atomic E-state index is 13.1. The van der Waals surface area contributed by atoms with E-state index in [2.05, 4.69) is 15.7 Å². The Labute approximate surface area is 157 Å². The van der Waals surface area contributed by atoms with E-state index < -0.39 is 11.4 Å². The van der Waals surface area contributed by atoms with Crippen molar-refractivity contribution in [2.45, 2.75) is 18.4 Å². The zero-order chi connectivity index (χ0) is 17.7. The normalized spacial score (nSPS) is 15.5. The van der Waals surface area contributed by atoms with Gasteiger partial charge in [0.2, 0.25) is 0 Å². The molecule has 0 aliphatic carbocycles. The molecule has 0 bridgehead atoms. The first-order chi connectivity index (χ1) is 12.1. The van der Waals surface area contributed by atoms with Crippen molar-refractivity contribution < 1.29 is 14.3 Å². The predicted octanol–water partition coefficient (Wildman–Crippen LogP) is 0.886. The predicted molar refractivity (Wildman–Crippen MR) is 99.3 cm³/mol. The average Bonchev–Trinajstić information content (AvgIpc) is 3.16. The second-order valence-electron chi connectivity index (χ2n) is 5.97. The molecule has 1 aliphatic heterocycles. The molecule has 0 saturated carbocycles. The zero-order valence-electron chi connectivity index (χ0n) is 14.2. The summed E-state index contributed by atoms with van der Waals surface area (Å²) in [5.74, 6) is -0.207. The molecule has 1 aliphatic rings. The monoisotopic (exact) mass is 379 g/mol. The van der Waals surface area contributed by atoms with Crippen molar-refractivity contribution in [2.24, 2.45) is 5.73 Å². The Hall–Kier alpha value is -2.58. The van der Waals surface area contributed by atoms with Crippen LogP contribution < -0.4 is 21.1 Å². The molecule has 1 saturated heterocycles. The third-order valence-electron chi connectivity index (χ3n) is 4.27. The minimum atomic E-state index is -0.723. The van der Waals surface area contributed by atoms with Crippen LogP contribution in [-0.2, 0) is 15.1 Å². The van der Waals surface area contributed by atoms with Crippen molar-refractivity contribution in [1.29, 1.82) is 0 Å². The van der Waals surface area contributed by atoms with Gasteiger partial charge in [-0.15, -0.1) is 12.4 Å². The quantitative estimate of drug-likeness (QED) is 0.690. The minimum Gasteiger partial charge on any atom is -0.484 e. The molecule has 140 valence electrons. The van der Waals surface area contributed by atoms with Gasteiger partial charge >= 0.3 is 0 Å². The highest BCUT2D eigenvalue weighted by molar-refractivity contribution is 5.97. The Bertz CT molecular complexity index is 745. The Morgan fingerprint density at radius 1 is 1.31 bits per heavy atom. The Morgan fingerprint density at radius 3 is 2.73 bits per heavy atom. The van der Waals surface area contributed by atoms with E-state index >= 15 is 0 Å². The van der Waals surface area contributed by atoms with Gasteiger partial charge in [0, 0.05) is 24.1 Å². The number of nitrogens with two attached hydrogens (primary N) is 1. The first-order valence-electron chi connectivity index (χ1n) is 8.14. The lowest BCUT2D eigenvalue weighted by Gasteiger charge is -2.36. The van der Waals surface area contributed by atoms with Gasteiger partial charge in [-0.1, -0.05) is 6.07 Å². The second-order valence-corrected chi connectivity index (χ2v) is 5.97. The van der Waals surface area contributed by atoms with Crippen LogP contribution in [0.2, 0.25) is 0 Å². The summed E-state index contributed by atoms with van der Waals surface area (Å²) in [6.45, 7) is 1.28. The molecule has 1 aromatic heterocycles. The number of ether oxygens (including phenoxy) is 1. The van der Waals surface area contributed by atoms with E-state index in [4.69, 9.17) is 10.5 Å². The molecule has 0 unspecified atom stereocenters. The van der Waals surface area contributed by atoms with Crippen molar-refractivity contribution in [3.05, 3.63) is 42.7 Å². The molecular formula is C17H22ClN5O3. The number of carbonyl (C=O) groups excluding carboxylic acids is 2. The van der Waals surface area contributed by atoms with Crippen LogP contribution in [0.5, 0.6) is 5.75 Å². The van der Waals surface area contributed by atoms with E-state index in [0.29, 0.717) is 24.3 Å². The van der Waals surface area contributed by atoms with Gasteiger partial charge in [-0.05, 0) is 44.1 Å². The summed E-state index contributed by atoms with van der Waals surface area (Å²) in [5, 5.41) is 10.5. The number of nitrogens with one attached hydrogen (secondary N) is 2. The number of rotatable bonds is 6. The highest BCUT2D eigenvalue weighted by Gasteiger charge is 2.42. The van der Waals surface area contributed by atoms with Crippen LogP contribution in [0.3, 0.4) is 0 Å². The van der Waals surface area contributed by atoms with E-state index in [1.165, 1.54) is 0 Å². The van der Waals surface area contributed by atoms with Crippen molar-refractivity contribution in [3.8, 4) is 5.75 Å². The highest BCUT2D eigenvalue weighted by Crippen LogP contribution is 2.29. The second kappa shape index (κ2) is 8.68. The summed E-state index contributed by atoms with van der Waals surface area (Å²) in [6.07, 6.45) is 4.80. The smallest absolute Gasteiger partial charge is 0.255 e. The molecule has 2 amide bonds. The molecule has 0 radical (unpaired) electrons. The molecule has 4 N–H and O–H groups in total.